The van der Waals surface area contributed by atoms with Crippen LogP contribution < -0.4 is 10.1 Å². The van der Waals surface area contributed by atoms with Gasteiger partial charge in [0, 0.05) is 23.5 Å². The van der Waals surface area contributed by atoms with Crippen molar-refractivity contribution in [3.63, 3.8) is 0 Å². The molecule has 0 radical (unpaired) electrons. The van der Waals surface area contributed by atoms with Gasteiger partial charge in [-0.25, -0.2) is 4.39 Å². The fraction of sp³-hybridized carbons (Fsp3) is 0.500. The minimum absolute atomic E-state index is 0.116. The van der Waals surface area contributed by atoms with Crippen LogP contribution in [0, 0.1) is 21.8 Å². The van der Waals surface area contributed by atoms with Crippen LogP contribution in [0.2, 0.25) is 0 Å². The molecule has 2 atom stereocenters. The van der Waals surface area contributed by atoms with Gasteiger partial charge in [-0.2, -0.15) is 0 Å². The summed E-state index contributed by atoms with van der Waals surface area (Å²) in [6.07, 6.45) is 0.677. The summed E-state index contributed by atoms with van der Waals surface area (Å²) < 4.78 is 24.0. The zero-order chi connectivity index (χ0) is 15.7. The van der Waals surface area contributed by atoms with Crippen molar-refractivity contribution in [2.75, 3.05) is 13.3 Å². The number of nitro groups is 1. The van der Waals surface area contributed by atoms with Crippen molar-refractivity contribution in [3.8, 4) is 5.75 Å². The lowest BCUT2D eigenvalue weighted by Crippen LogP contribution is -2.29. The van der Waals surface area contributed by atoms with Gasteiger partial charge in [-0.1, -0.05) is 0 Å². The molecule has 0 bridgehead atoms. The summed E-state index contributed by atoms with van der Waals surface area (Å²) in [4.78, 5) is 21.8. The monoisotopic (exact) mass is 310 g/mol. The summed E-state index contributed by atoms with van der Waals surface area (Å²) in [7, 11) is 0. The highest BCUT2D eigenvalue weighted by Gasteiger charge is 2.53. The first kappa shape index (κ1) is 14.7. The van der Waals surface area contributed by atoms with E-state index in [0.29, 0.717) is 29.9 Å². The molecule has 0 aromatic heterocycles. The van der Waals surface area contributed by atoms with E-state index in [1.165, 1.54) is 12.1 Å². The summed E-state index contributed by atoms with van der Waals surface area (Å²) >= 11 is 0. The third-order valence-electron chi connectivity index (χ3n) is 3.81. The average molecular weight is 310 g/mol. The molecule has 7 nitrogen and oxygen atoms in total. The fourth-order valence-corrected chi connectivity index (χ4v) is 2.59. The van der Waals surface area contributed by atoms with Crippen molar-refractivity contribution in [2.24, 2.45) is 5.92 Å². The highest BCUT2D eigenvalue weighted by atomic mass is 19.1. The number of ether oxygens (including phenoxy) is 2. The predicted octanol–water partition coefficient (Wildman–Crippen LogP) is 1.02. The van der Waals surface area contributed by atoms with Gasteiger partial charge in [0.05, 0.1) is 6.61 Å². The smallest absolute Gasteiger partial charge is 0.230 e. The zero-order valence-corrected chi connectivity index (χ0v) is 11.7. The van der Waals surface area contributed by atoms with Crippen LogP contribution in [0.5, 0.6) is 5.75 Å². The van der Waals surface area contributed by atoms with Crippen molar-refractivity contribution < 1.29 is 23.6 Å². The fourth-order valence-electron chi connectivity index (χ4n) is 2.59. The first-order chi connectivity index (χ1) is 10.6. The van der Waals surface area contributed by atoms with Gasteiger partial charge in [-0.15, -0.1) is 0 Å². The molecule has 2 aliphatic rings. The second-order valence-electron chi connectivity index (χ2n) is 5.40. The summed E-state index contributed by atoms with van der Waals surface area (Å²) in [6.45, 7) is 0.684. The van der Waals surface area contributed by atoms with E-state index in [1.54, 1.807) is 0 Å². The van der Waals surface area contributed by atoms with Crippen LogP contribution in [0.3, 0.4) is 0 Å². The van der Waals surface area contributed by atoms with Crippen LogP contribution >= 0.6 is 0 Å². The van der Waals surface area contributed by atoms with E-state index < -0.39 is 16.9 Å². The largest absolute Gasteiger partial charge is 0.467 e. The molecule has 0 spiro atoms. The molecule has 0 saturated heterocycles. The number of benzene rings is 1. The summed E-state index contributed by atoms with van der Waals surface area (Å²) in [5, 5.41) is 13.2. The van der Waals surface area contributed by atoms with Crippen LogP contribution in [0.1, 0.15) is 17.5 Å². The van der Waals surface area contributed by atoms with Crippen molar-refractivity contribution in [3.05, 3.63) is 39.2 Å². The molecule has 8 heteroatoms. The number of carbonyl (C=O) groups excluding carboxylic acids is 1. The highest BCUT2D eigenvalue weighted by Crippen LogP contribution is 2.33. The maximum Gasteiger partial charge on any atom is 0.230 e. The molecule has 118 valence electrons. The number of rotatable bonds is 5. The Balaban J connectivity index is 1.57. The van der Waals surface area contributed by atoms with Crippen molar-refractivity contribution >= 4 is 5.91 Å². The number of halogens is 1. The van der Waals surface area contributed by atoms with Gasteiger partial charge in [-0.05, 0) is 24.1 Å². The molecule has 1 aromatic carbocycles. The predicted molar refractivity (Wildman–Crippen MR) is 72.3 cm³/mol. The Labute approximate surface area is 125 Å². The second kappa shape index (κ2) is 5.88. The SMILES string of the molecule is O=C(NCCc1cc(F)cc2c1OCOC2)[C@@H]1C[C@H]1[N+](=O)[O-]. The van der Waals surface area contributed by atoms with Gasteiger partial charge < -0.3 is 14.8 Å². The van der Waals surface area contributed by atoms with Crippen LogP contribution in [0.4, 0.5) is 4.39 Å². The maximum atomic E-state index is 13.5. The van der Waals surface area contributed by atoms with Crippen molar-refractivity contribution in [2.45, 2.75) is 25.5 Å². The number of nitrogens with one attached hydrogen (secondary N) is 1. The summed E-state index contributed by atoms with van der Waals surface area (Å²) in [5.41, 5.74) is 1.29. The van der Waals surface area contributed by atoms with E-state index in [-0.39, 0.29) is 31.5 Å². The quantitative estimate of drug-likeness (QED) is 0.647. The average Bonchev–Trinajstić information content (AvgIpc) is 3.27. The minimum atomic E-state index is -0.762. The molecule has 1 aliphatic carbocycles. The van der Waals surface area contributed by atoms with Crippen molar-refractivity contribution in [1.82, 2.24) is 5.32 Å². The standard InChI is InChI=1S/C14H15FN2O5/c15-10-3-8(13-9(4-10)6-21-7-22-13)1-2-16-14(18)11-5-12(11)17(19)20/h3-4,11-12H,1-2,5-7H2,(H,16,18)/t11-,12-/m1/s1. The third-order valence-corrected chi connectivity index (χ3v) is 3.81. The number of carbonyl (C=O) groups is 1. The van der Waals surface area contributed by atoms with Crippen molar-refractivity contribution in [1.29, 1.82) is 0 Å². The van der Waals surface area contributed by atoms with E-state index in [2.05, 4.69) is 5.32 Å². The van der Waals surface area contributed by atoms with Gasteiger partial charge in [0.25, 0.3) is 0 Å². The van der Waals surface area contributed by atoms with E-state index in [9.17, 15) is 19.3 Å². The van der Waals surface area contributed by atoms with E-state index in [0.717, 1.165) is 0 Å². The normalized spacial score (nSPS) is 22.4. The van der Waals surface area contributed by atoms with Gasteiger partial charge in [0.1, 0.15) is 17.5 Å². The van der Waals surface area contributed by atoms with Crippen LogP contribution in [-0.2, 0) is 22.6 Å². The van der Waals surface area contributed by atoms with Gasteiger partial charge in [0.2, 0.25) is 11.9 Å². The van der Waals surface area contributed by atoms with Crippen LogP contribution in [0.25, 0.3) is 0 Å². The number of amides is 1. The lowest BCUT2D eigenvalue weighted by Gasteiger charge is -2.20. The number of nitrogens with zero attached hydrogens (tertiary/aromatic N) is 1. The van der Waals surface area contributed by atoms with E-state index in [1.807, 2.05) is 0 Å². The molecular weight excluding hydrogens is 295 g/mol. The maximum absolute atomic E-state index is 13.5. The number of hydrogen-bond acceptors (Lipinski definition) is 5. The Bertz CT molecular complexity index is 621. The molecule has 1 aliphatic heterocycles. The lowest BCUT2D eigenvalue weighted by molar-refractivity contribution is -0.497. The Kier molecular flexibility index (Phi) is 3.93. The van der Waals surface area contributed by atoms with Crippen LogP contribution in [-0.4, -0.2) is 30.2 Å². The molecule has 1 N–H and O–H groups in total. The van der Waals surface area contributed by atoms with Gasteiger partial charge >= 0.3 is 0 Å². The molecule has 22 heavy (non-hydrogen) atoms. The third kappa shape index (κ3) is 3.01. The topological polar surface area (TPSA) is 90.7 Å². The second-order valence-corrected chi connectivity index (χ2v) is 5.40. The van der Waals surface area contributed by atoms with E-state index in [4.69, 9.17) is 9.47 Å². The Hall–Kier alpha value is -2.22. The Morgan fingerprint density at radius 2 is 2.32 bits per heavy atom. The van der Waals surface area contributed by atoms with Gasteiger partial charge in [-0.3, -0.25) is 14.9 Å². The molecule has 1 fully saturated rings. The van der Waals surface area contributed by atoms with E-state index >= 15 is 0 Å². The molecule has 0 unspecified atom stereocenters. The molecule has 1 heterocycles. The Morgan fingerprint density at radius 1 is 1.50 bits per heavy atom. The molecule has 1 saturated carbocycles. The number of hydrogen-bond donors (Lipinski definition) is 1. The zero-order valence-electron chi connectivity index (χ0n) is 11.7. The molecule has 1 amide bonds. The first-order valence-corrected chi connectivity index (χ1v) is 6.99. The molecular formula is C14H15FN2O5. The first-order valence-electron chi connectivity index (χ1n) is 6.99. The molecule has 3 rings (SSSR count). The summed E-state index contributed by atoms with van der Waals surface area (Å²) in [5.74, 6) is -0.654. The Morgan fingerprint density at radius 3 is 3.05 bits per heavy atom. The minimum Gasteiger partial charge on any atom is -0.467 e. The highest BCUT2D eigenvalue weighted by molar-refractivity contribution is 5.81. The molecule has 1 aromatic rings. The summed E-state index contributed by atoms with van der Waals surface area (Å²) in [6, 6.07) is 1.97. The number of fused-ring (bicyclic) bond motifs is 1. The lowest BCUT2D eigenvalue weighted by atomic mass is 10.1. The van der Waals surface area contributed by atoms with Crippen LogP contribution in [0.15, 0.2) is 12.1 Å². The van der Waals surface area contributed by atoms with Gasteiger partial charge in [0.15, 0.2) is 6.79 Å².